The van der Waals surface area contributed by atoms with Gasteiger partial charge < -0.3 is 19.3 Å². The van der Waals surface area contributed by atoms with E-state index in [1.165, 1.54) is 0 Å². The molecule has 42 heavy (non-hydrogen) atoms. The molecular formula is C31H34N5O5P. The number of pyridine rings is 1. The number of benzene rings is 2. The smallest absolute Gasteiger partial charge is 0.312 e. The van der Waals surface area contributed by atoms with E-state index in [9.17, 15) is 19.5 Å². The number of likely N-dealkylation sites (N-methyl/N-ethyl adjacent to an activating group) is 2. The molecule has 0 aliphatic heterocycles. The molecule has 0 aliphatic rings. The Morgan fingerprint density at radius 2 is 1.88 bits per heavy atom. The quantitative estimate of drug-likeness (QED) is 0.168. The summed E-state index contributed by atoms with van der Waals surface area (Å²) in [4.78, 5) is 31.1. The fourth-order valence-corrected chi connectivity index (χ4v) is 5.36. The summed E-state index contributed by atoms with van der Waals surface area (Å²) in [6, 6.07) is 18.9. The van der Waals surface area contributed by atoms with Crippen molar-refractivity contribution in [3.63, 3.8) is 0 Å². The maximum absolute atomic E-state index is 12.7. The predicted octanol–water partition coefficient (Wildman–Crippen LogP) is 5.99. The monoisotopic (exact) mass is 587 g/mol. The lowest BCUT2D eigenvalue weighted by molar-refractivity contribution is -0.113. The number of amides is 1. The van der Waals surface area contributed by atoms with Gasteiger partial charge >= 0.3 is 7.82 Å². The van der Waals surface area contributed by atoms with Gasteiger partial charge in [0.1, 0.15) is 11.9 Å². The van der Waals surface area contributed by atoms with Crippen molar-refractivity contribution in [1.82, 2.24) is 14.5 Å². The number of carbonyl (C=O) groups is 1. The van der Waals surface area contributed by atoms with Gasteiger partial charge in [-0.3, -0.25) is 13.8 Å². The lowest BCUT2D eigenvalue weighted by atomic mass is 10.0. The molecule has 0 fully saturated rings. The first-order valence-electron chi connectivity index (χ1n) is 13.4. The molecule has 4 rings (SSSR count). The first-order chi connectivity index (χ1) is 20.0. The Morgan fingerprint density at radius 1 is 1.14 bits per heavy atom. The molecule has 0 radical (unpaired) electrons. The van der Waals surface area contributed by atoms with Gasteiger partial charge in [-0.2, -0.15) is 5.26 Å². The van der Waals surface area contributed by atoms with Gasteiger partial charge in [0.05, 0.1) is 18.2 Å². The van der Waals surface area contributed by atoms with Gasteiger partial charge in [0.2, 0.25) is 5.91 Å². The van der Waals surface area contributed by atoms with E-state index >= 15 is 0 Å². The Labute approximate surface area is 245 Å². The second-order valence-electron chi connectivity index (χ2n) is 9.94. The Morgan fingerprint density at radius 3 is 2.60 bits per heavy atom. The van der Waals surface area contributed by atoms with Crippen LogP contribution in [-0.4, -0.2) is 59.5 Å². The van der Waals surface area contributed by atoms with Crippen molar-refractivity contribution in [2.45, 2.75) is 20.1 Å². The number of aromatic nitrogens is 2. The third-order valence-corrected chi connectivity index (χ3v) is 7.73. The number of hydrogen-bond donors (Lipinski definition) is 1. The van der Waals surface area contributed by atoms with Crippen LogP contribution in [0.5, 0.6) is 0 Å². The van der Waals surface area contributed by atoms with E-state index in [1.54, 1.807) is 67.0 Å². The minimum atomic E-state index is -4.29. The maximum Gasteiger partial charge on any atom is 0.474 e. The highest BCUT2D eigenvalue weighted by Crippen LogP contribution is 2.47. The highest BCUT2D eigenvalue weighted by Gasteiger charge is 2.26. The summed E-state index contributed by atoms with van der Waals surface area (Å²) in [5, 5.41) is 10.2. The minimum absolute atomic E-state index is 0.0208. The van der Waals surface area contributed by atoms with Crippen LogP contribution < -0.4 is 4.90 Å². The zero-order valence-corrected chi connectivity index (χ0v) is 25.2. The fraction of sp³-hybridized carbons (Fsp3) is 0.258. The lowest BCUT2D eigenvalue weighted by Crippen LogP contribution is -2.24. The Kier molecular flexibility index (Phi) is 9.74. The third kappa shape index (κ3) is 7.21. The number of phosphoric ester groups is 1. The molecular weight excluding hydrogens is 553 g/mol. The number of nitriles is 1. The van der Waals surface area contributed by atoms with Crippen LogP contribution in [0.1, 0.15) is 25.6 Å². The summed E-state index contributed by atoms with van der Waals surface area (Å²) in [6.07, 6.45) is 6.00. The molecule has 0 bridgehead atoms. The van der Waals surface area contributed by atoms with Gasteiger partial charge in [-0.25, -0.2) is 9.55 Å². The Balaban J connectivity index is 1.78. The largest absolute Gasteiger partial charge is 0.474 e. The van der Waals surface area contributed by atoms with Crippen LogP contribution >= 0.6 is 7.82 Å². The average molecular weight is 588 g/mol. The van der Waals surface area contributed by atoms with E-state index in [-0.39, 0.29) is 12.5 Å². The van der Waals surface area contributed by atoms with Crippen LogP contribution in [0.15, 0.2) is 79.1 Å². The van der Waals surface area contributed by atoms with Gasteiger partial charge in [0.25, 0.3) is 0 Å². The zero-order valence-electron chi connectivity index (χ0n) is 24.3. The van der Waals surface area contributed by atoms with Crippen molar-refractivity contribution in [1.29, 1.82) is 5.26 Å². The zero-order chi connectivity index (χ0) is 30.4. The predicted molar refractivity (Wildman–Crippen MR) is 164 cm³/mol. The van der Waals surface area contributed by atoms with E-state index in [1.807, 2.05) is 61.5 Å². The first-order valence-corrected chi connectivity index (χ1v) is 14.9. The van der Waals surface area contributed by atoms with Crippen molar-refractivity contribution < 1.29 is 23.3 Å². The summed E-state index contributed by atoms with van der Waals surface area (Å²) in [5.74, 6) is -0.137. The summed E-state index contributed by atoms with van der Waals surface area (Å²) >= 11 is 0. The van der Waals surface area contributed by atoms with Gasteiger partial charge in [0, 0.05) is 54.3 Å². The molecule has 2 atom stereocenters. The second-order valence-corrected chi connectivity index (χ2v) is 11.3. The minimum Gasteiger partial charge on any atom is -0.312 e. The second kappa shape index (κ2) is 13.3. The van der Waals surface area contributed by atoms with Crippen LogP contribution in [0.25, 0.3) is 33.3 Å². The van der Waals surface area contributed by atoms with Crippen molar-refractivity contribution in [2.75, 3.05) is 39.2 Å². The van der Waals surface area contributed by atoms with Crippen molar-refractivity contribution >= 4 is 30.5 Å². The summed E-state index contributed by atoms with van der Waals surface area (Å²) in [5.41, 5.74) is 4.95. The number of fused-ring (bicyclic) bond motifs is 1. The van der Waals surface area contributed by atoms with Gasteiger partial charge in [0.15, 0.2) is 0 Å². The molecule has 218 valence electrons. The van der Waals surface area contributed by atoms with Crippen LogP contribution in [0.4, 0.5) is 5.69 Å². The number of hydrogen-bond acceptors (Lipinski definition) is 7. The van der Waals surface area contributed by atoms with Crippen LogP contribution in [0.3, 0.4) is 0 Å². The third-order valence-electron chi connectivity index (χ3n) is 6.57. The molecule has 2 aromatic carbocycles. The average Bonchev–Trinajstić information content (AvgIpc) is 3.35. The molecule has 0 spiro atoms. The molecule has 11 heteroatoms. The van der Waals surface area contributed by atoms with Crippen LogP contribution in [0.2, 0.25) is 0 Å². The molecule has 2 aromatic heterocycles. The lowest BCUT2D eigenvalue weighted by Gasteiger charge is -2.19. The number of nitrogens with zero attached hydrogens (tertiary/aromatic N) is 5. The van der Waals surface area contributed by atoms with Crippen molar-refractivity contribution in [3.8, 4) is 28.3 Å². The van der Waals surface area contributed by atoms with E-state index in [2.05, 4.69) is 6.07 Å². The number of phosphoric acid groups is 1. The van der Waals surface area contributed by atoms with Gasteiger partial charge in [-0.05, 0) is 69.4 Å². The first kappa shape index (κ1) is 30.8. The highest BCUT2D eigenvalue weighted by molar-refractivity contribution is 7.47. The number of rotatable bonds is 11. The summed E-state index contributed by atoms with van der Waals surface area (Å²) in [6.45, 7) is 3.92. The maximum atomic E-state index is 12.7. The molecule has 10 nitrogen and oxygen atoms in total. The molecule has 0 aliphatic carbocycles. The van der Waals surface area contributed by atoms with Crippen LogP contribution in [0, 0.1) is 11.3 Å². The van der Waals surface area contributed by atoms with Gasteiger partial charge in [-0.15, -0.1) is 0 Å². The highest BCUT2D eigenvalue weighted by atomic mass is 31.2. The molecule has 0 saturated carbocycles. The fourth-order valence-electron chi connectivity index (χ4n) is 4.49. The molecule has 1 amide bonds. The number of carbonyl (C=O) groups excluding carboxylic acids is 1. The summed E-state index contributed by atoms with van der Waals surface area (Å²) < 4.78 is 24.3. The Hall–Kier alpha value is -4.10. The van der Waals surface area contributed by atoms with Crippen molar-refractivity contribution in [3.05, 3.63) is 84.7 Å². The molecule has 2 unspecified atom stereocenters. The molecule has 4 aromatic rings. The number of anilines is 1. The van der Waals surface area contributed by atoms with E-state index in [0.717, 1.165) is 33.3 Å². The SMILES string of the molecule is CCOP(=O)(O)OC(C)n1cc(-c2cccc(C#N)c2)c2cc(-c3cccc(N(C)C(=O)/C=C/CN(C)C)c3)cnc21. The Bertz CT molecular complexity index is 1710. The van der Waals surface area contributed by atoms with Gasteiger partial charge in [-0.1, -0.05) is 30.3 Å². The standard InChI is InChI=1S/C31H34N5O5P/c1-6-40-42(38,39)41-22(2)36-21-29(25-12-7-10-23(16-25)19-32)28-18-26(20-33-31(28)36)24-11-8-13-27(17-24)35(5)30(37)14-9-15-34(3)4/h7-14,16-18,20-22H,6,15H2,1-5H3,(H,38,39)/b14-9+. The summed E-state index contributed by atoms with van der Waals surface area (Å²) in [7, 11) is 1.31. The van der Waals surface area contributed by atoms with Crippen LogP contribution in [-0.2, 0) is 18.4 Å². The van der Waals surface area contributed by atoms with E-state index in [0.29, 0.717) is 17.8 Å². The van der Waals surface area contributed by atoms with E-state index < -0.39 is 14.1 Å². The van der Waals surface area contributed by atoms with Crippen molar-refractivity contribution in [2.24, 2.45) is 0 Å². The molecule has 2 heterocycles. The normalized spacial score (nSPS) is 13.8. The topological polar surface area (TPSA) is 121 Å². The van der Waals surface area contributed by atoms with E-state index in [4.69, 9.17) is 14.0 Å². The molecule has 0 saturated heterocycles. The molecule has 1 N–H and O–H groups in total.